The molecular weight excluding hydrogens is 354 g/mol. The highest BCUT2D eigenvalue weighted by Gasteiger charge is 2.21. The topological polar surface area (TPSA) is 83.2 Å². The van der Waals surface area contributed by atoms with Crippen molar-refractivity contribution in [2.24, 2.45) is 0 Å². The first-order valence-corrected chi connectivity index (χ1v) is 9.38. The van der Waals surface area contributed by atoms with Crippen LogP contribution in [-0.2, 0) is 22.6 Å². The molecule has 0 saturated heterocycles. The molecule has 1 unspecified atom stereocenters. The van der Waals surface area contributed by atoms with Crippen LogP contribution in [0.2, 0.25) is 0 Å². The number of fused-ring (bicyclic) bond motifs is 1. The quantitative estimate of drug-likeness (QED) is 0.563. The summed E-state index contributed by atoms with van der Waals surface area (Å²) in [6.45, 7) is 4.30. The predicted molar refractivity (Wildman–Crippen MR) is 109 cm³/mol. The predicted octanol–water partition coefficient (Wildman–Crippen LogP) is 2.93. The first kappa shape index (κ1) is 19.5. The van der Waals surface area contributed by atoms with Gasteiger partial charge in [-0.25, -0.2) is 0 Å². The molecule has 0 aliphatic rings. The van der Waals surface area contributed by atoms with Crippen LogP contribution in [0.1, 0.15) is 25.0 Å². The molecule has 0 fully saturated rings. The molecule has 1 atom stereocenters. The minimum absolute atomic E-state index is 0.220. The van der Waals surface area contributed by atoms with Crippen LogP contribution in [0.4, 0.5) is 0 Å². The summed E-state index contributed by atoms with van der Waals surface area (Å²) in [6, 6.07) is 14.9. The van der Waals surface area contributed by atoms with Crippen molar-refractivity contribution in [1.29, 1.82) is 0 Å². The number of ether oxygens (including phenoxy) is 1. The fraction of sp³-hybridized carbons (Fsp3) is 0.273. The van der Waals surface area contributed by atoms with Gasteiger partial charge in [0.25, 0.3) is 0 Å². The molecule has 1 heterocycles. The van der Waals surface area contributed by atoms with Gasteiger partial charge < -0.3 is 20.4 Å². The number of aromatic nitrogens is 1. The highest BCUT2D eigenvalue weighted by molar-refractivity contribution is 5.89. The van der Waals surface area contributed by atoms with Gasteiger partial charge in [0.1, 0.15) is 11.8 Å². The largest absolute Gasteiger partial charge is 0.494 e. The molecule has 0 radical (unpaired) electrons. The molecule has 6 heteroatoms. The molecule has 0 aliphatic heterocycles. The summed E-state index contributed by atoms with van der Waals surface area (Å²) in [7, 11) is 0. The molecule has 6 nitrogen and oxygen atoms in total. The zero-order chi connectivity index (χ0) is 19.9. The van der Waals surface area contributed by atoms with Gasteiger partial charge in [0, 0.05) is 37.0 Å². The van der Waals surface area contributed by atoms with Gasteiger partial charge in [-0.05, 0) is 36.2 Å². The second kappa shape index (κ2) is 9.08. The third kappa shape index (κ3) is 4.91. The Morgan fingerprint density at radius 1 is 1.14 bits per heavy atom. The molecule has 28 heavy (non-hydrogen) atoms. The summed E-state index contributed by atoms with van der Waals surface area (Å²) in [6.07, 6.45) is 2.30. The van der Waals surface area contributed by atoms with E-state index in [1.54, 1.807) is 0 Å². The Hall–Kier alpha value is -3.28. The van der Waals surface area contributed by atoms with Gasteiger partial charge >= 0.3 is 0 Å². The summed E-state index contributed by atoms with van der Waals surface area (Å²) in [5.74, 6) is 0.312. The van der Waals surface area contributed by atoms with Gasteiger partial charge in [-0.15, -0.1) is 0 Å². The zero-order valence-corrected chi connectivity index (χ0v) is 16.1. The Morgan fingerprint density at radius 2 is 1.96 bits per heavy atom. The molecule has 0 aliphatic carbocycles. The van der Waals surface area contributed by atoms with E-state index in [0.29, 0.717) is 19.6 Å². The standard InChI is InChI=1S/C22H25N3O3/c1-3-28-18-8-6-7-16(11-18)13-24-22(27)21(25-15(2)26)12-17-14-23-20-10-5-4-9-19(17)20/h4-11,14,21,23H,3,12-13H2,1-2H3,(H,24,27)(H,25,26). The van der Waals surface area contributed by atoms with Crippen LogP contribution in [0.25, 0.3) is 10.9 Å². The van der Waals surface area contributed by atoms with Crippen LogP contribution < -0.4 is 15.4 Å². The Morgan fingerprint density at radius 3 is 2.75 bits per heavy atom. The number of amides is 2. The molecule has 0 saturated carbocycles. The van der Waals surface area contributed by atoms with Crippen molar-refractivity contribution in [3.63, 3.8) is 0 Å². The third-order valence-electron chi connectivity index (χ3n) is 4.47. The van der Waals surface area contributed by atoms with Crippen molar-refractivity contribution < 1.29 is 14.3 Å². The summed E-state index contributed by atoms with van der Waals surface area (Å²) in [5, 5.41) is 6.73. The fourth-order valence-corrected chi connectivity index (χ4v) is 3.20. The first-order valence-electron chi connectivity index (χ1n) is 9.38. The van der Waals surface area contributed by atoms with Gasteiger partial charge in [-0.1, -0.05) is 30.3 Å². The van der Waals surface area contributed by atoms with Crippen LogP contribution in [0.3, 0.4) is 0 Å². The van der Waals surface area contributed by atoms with Gasteiger partial charge in [0.05, 0.1) is 6.61 Å². The first-order chi connectivity index (χ1) is 13.6. The van der Waals surface area contributed by atoms with E-state index in [0.717, 1.165) is 27.8 Å². The molecular formula is C22H25N3O3. The fourth-order valence-electron chi connectivity index (χ4n) is 3.20. The molecule has 0 spiro atoms. The van der Waals surface area contributed by atoms with Crippen LogP contribution in [-0.4, -0.2) is 29.4 Å². The van der Waals surface area contributed by atoms with Gasteiger partial charge in [0.15, 0.2) is 0 Å². The number of hydrogen-bond acceptors (Lipinski definition) is 3. The van der Waals surface area contributed by atoms with E-state index in [1.807, 2.05) is 61.7 Å². The maximum atomic E-state index is 12.8. The van der Waals surface area contributed by atoms with E-state index < -0.39 is 6.04 Å². The average molecular weight is 379 g/mol. The zero-order valence-electron chi connectivity index (χ0n) is 16.1. The number of hydrogen-bond donors (Lipinski definition) is 3. The summed E-state index contributed by atoms with van der Waals surface area (Å²) < 4.78 is 5.49. The van der Waals surface area contributed by atoms with Crippen LogP contribution in [0, 0.1) is 0 Å². The Kier molecular flexibility index (Phi) is 6.32. The molecule has 3 rings (SSSR count). The second-order valence-corrected chi connectivity index (χ2v) is 6.61. The number of aromatic amines is 1. The van der Waals surface area contributed by atoms with E-state index in [4.69, 9.17) is 4.74 Å². The molecule has 2 amide bonds. The molecule has 146 valence electrons. The number of rotatable bonds is 8. The van der Waals surface area contributed by atoms with E-state index in [-0.39, 0.29) is 11.8 Å². The number of benzene rings is 2. The minimum atomic E-state index is -0.646. The van der Waals surface area contributed by atoms with E-state index in [9.17, 15) is 9.59 Å². The highest BCUT2D eigenvalue weighted by Crippen LogP contribution is 2.19. The van der Waals surface area contributed by atoms with Gasteiger partial charge in [-0.3, -0.25) is 9.59 Å². The van der Waals surface area contributed by atoms with Crippen molar-refractivity contribution in [3.8, 4) is 5.75 Å². The van der Waals surface area contributed by atoms with E-state index in [2.05, 4.69) is 15.6 Å². The van der Waals surface area contributed by atoms with E-state index in [1.165, 1.54) is 6.92 Å². The minimum Gasteiger partial charge on any atom is -0.494 e. The van der Waals surface area contributed by atoms with Gasteiger partial charge in [0.2, 0.25) is 11.8 Å². The lowest BCUT2D eigenvalue weighted by atomic mass is 10.0. The van der Waals surface area contributed by atoms with Crippen LogP contribution >= 0.6 is 0 Å². The lowest BCUT2D eigenvalue weighted by Crippen LogP contribution is -2.47. The number of carbonyl (C=O) groups excluding carboxylic acids is 2. The van der Waals surface area contributed by atoms with Crippen molar-refractivity contribution in [2.45, 2.75) is 32.9 Å². The molecule has 3 N–H and O–H groups in total. The maximum Gasteiger partial charge on any atom is 0.243 e. The summed E-state index contributed by atoms with van der Waals surface area (Å²) >= 11 is 0. The second-order valence-electron chi connectivity index (χ2n) is 6.61. The molecule has 2 aromatic carbocycles. The molecule has 0 bridgehead atoms. The van der Waals surface area contributed by atoms with Crippen molar-refractivity contribution >= 4 is 22.7 Å². The lowest BCUT2D eigenvalue weighted by Gasteiger charge is -2.17. The van der Waals surface area contributed by atoms with Gasteiger partial charge in [-0.2, -0.15) is 0 Å². The Labute approximate surface area is 164 Å². The van der Waals surface area contributed by atoms with Crippen molar-refractivity contribution in [1.82, 2.24) is 15.6 Å². The number of carbonyl (C=O) groups is 2. The number of H-pyrrole nitrogens is 1. The average Bonchev–Trinajstić information content (AvgIpc) is 3.09. The SMILES string of the molecule is CCOc1cccc(CNC(=O)C(Cc2c[nH]c3ccccc23)NC(C)=O)c1. The van der Waals surface area contributed by atoms with Crippen molar-refractivity contribution in [2.75, 3.05) is 6.61 Å². The highest BCUT2D eigenvalue weighted by atomic mass is 16.5. The number of nitrogens with one attached hydrogen (secondary N) is 3. The van der Waals surface area contributed by atoms with E-state index >= 15 is 0 Å². The lowest BCUT2D eigenvalue weighted by molar-refractivity contribution is -0.128. The van der Waals surface area contributed by atoms with Crippen molar-refractivity contribution in [3.05, 3.63) is 65.9 Å². The van der Waals surface area contributed by atoms with Crippen LogP contribution in [0.5, 0.6) is 5.75 Å². The summed E-state index contributed by atoms with van der Waals surface area (Å²) in [5.41, 5.74) is 2.93. The molecule has 3 aromatic rings. The monoisotopic (exact) mass is 379 g/mol. The summed E-state index contributed by atoms with van der Waals surface area (Å²) in [4.78, 5) is 27.6. The van der Waals surface area contributed by atoms with Crippen LogP contribution in [0.15, 0.2) is 54.7 Å². The molecule has 1 aromatic heterocycles. The smallest absolute Gasteiger partial charge is 0.243 e. The maximum absolute atomic E-state index is 12.8. The Balaban J connectivity index is 1.69. The third-order valence-corrected chi connectivity index (χ3v) is 4.47. The Bertz CT molecular complexity index is 964. The number of para-hydroxylation sites is 1. The normalized spacial score (nSPS) is 11.8.